The summed E-state index contributed by atoms with van der Waals surface area (Å²) in [6, 6.07) is 0. The fourth-order valence-electron chi connectivity index (χ4n) is 4.20. The van der Waals surface area contributed by atoms with Crippen molar-refractivity contribution < 1.29 is 28.4 Å². The van der Waals surface area contributed by atoms with Crippen LogP contribution in [0.1, 0.15) is 39.5 Å². The van der Waals surface area contributed by atoms with Crippen LogP contribution in [0.15, 0.2) is 15.8 Å². The Morgan fingerprint density at radius 2 is 1.72 bits per heavy atom. The number of nitrogens with zero attached hydrogens (tertiary/aromatic N) is 1. The summed E-state index contributed by atoms with van der Waals surface area (Å²) in [6.07, 6.45) is -2.19. The lowest BCUT2D eigenvalue weighted by molar-refractivity contribution is -0.333. The van der Waals surface area contributed by atoms with Gasteiger partial charge in [-0.25, -0.2) is 4.79 Å². The largest absolute Gasteiger partial charge is 0.374 e. The van der Waals surface area contributed by atoms with Gasteiger partial charge in [0, 0.05) is 18.9 Å². The molecule has 10 heteroatoms. The molecule has 4 unspecified atom stereocenters. The number of aromatic amines is 1. The van der Waals surface area contributed by atoms with Crippen molar-refractivity contribution >= 4 is 0 Å². The molecule has 0 amide bonds. The number of rotatable bonds is 2. The van der Waals surface area contributed by atoms with E-state index in [1.165, 1.54) is 17.9 Å². The van der Waals surface area contributed by atoms with E-state index >= 15 is 0 Å². The van der Waals surface area contributed by atoms with Crippen molar-refractivity contribution in [1.29, 1.82) is 0 Å². The van der Waals surface area contributed by atoms with Crippen LogP contribution < -0.4 is 11.2 Å². The fourth-order valence-corrected chi connectivity index (χ4v) is 4.20. The highest BCUT2D eigenvalue weighted by atomic mass is 16.8. The summed E-state index contributed by atoms with van der Waals surface area (Å²) in [5.74, 6) is -1.69. The van der Waals surface area contributed by atoms with Crippen molar-refractivity contribution in [2.24, 2.45) is 0 Å². The van der Waals surface area contributed by atoms with Gasteiger partial charge in [0.2, 0.25) is 0 Å². The Hall–Kier alpha value is -1.56. The summed E-state index contributed by atoms with van der Waals surface area (Å²) in [7, 11) is 1.52. The molecule has 3 aliphatic heterocycles. The van der Waals surface area contributed by atoms with E-state index in [9.17, 15) is 9.59 Å². The zero-order valence-corrected chi connectivity index (χ0v) is 17.5. The summed E-state index contributed by atoms with van der Waals surface area (Å²) in [4.78, 5) is 26.7. The monoisotopic (exact) mass is 412 g/mol. The number of hydrogen-bond acceptors (Lipinski definition) is 8. The van der Waals surface area contributed by atoms with E-state index < -0.39 is 59.6 Å². The molecule has 6 atom stereocenters. The summed E-state index contributed by atoms with van der Waals surface area (Å²) < 4.78 is 37.6. The van der Waals surface area contributed by atoms with E-state index in [1.807, 2.05) is 27.7 Å². The highest BCUT2D eigenvalue weighted by molar-refractivity contribution is 5.05. The standard InChI is InChI=1S/C19H28N2O8/c1-9-7-21(17(23)20-15(9)22)16-14(24-6)13-12(28-19(4,5)29-13)11-10(26-16)8-25-18(2,3)27-11/h7,10-14,16H,8H2,1-6H3,(H,20,22,23)/t10?,11-,12?,13+,14?,16?/m0/s1. The molecule has 1 aromatic rings. The molecule has 0 spiro atoms. The molecule has 1 N–H and O–H groups in total. The molecule has 0 saturated carbocycles. The smallest absolute Gasteiger partial charge is 0.330 e. The predicted molar refractivity (Wildman–Crippen MR) is 99.5 cm³/mol. The van der Waals surface area contributed by atoms with E-state index in [0.717, 1.165) is 0 Å². The van der Waals surface area contributed by atoms with E-state index in [1.54, 1.807) is 6.92 Å². The SMILES string of the molecule is COC1C(n2cc(C)c(=O)[nH]c2=O)OC2COC(C)(C)O[C@@H]2C2OC(C)(C)O[C@@H]12. The Kier molecular flexibility index (Phi) is 5.00. The van der Waals surface area contributed by atoms with Gasteiger partial charge in [0.05, 0.1) is 6.61 Å². The van der Waals surface area contributed by atoms with E-state index in [-0.39, 0.29) is 6.61 Å². The lowest BCUT2D eigenvalue weighted by Crippen LogP contribution is -2.55. The molecule has 3 saturated heterocycles. The molecule has 0 aromatic carbocycles. The van der Waals surface area contributed by atoms with Gasteiger partial charge < -0.3 is 28.4 Å². The van der Waals surface area contributed by atoms with E-state index in [0.29, 0.717) is 5.56 Å². The fraction of sp³-hybridized carbons (Fsp3) is 0.789. The number of nitrogens with one attached hydrogen (secondary N) is 1. The van der Waals surface area contributed by atoms with Crippen molar-refractivity contribution in [3.05, 3.63) is 32.6 Å². The second-order valence-corrected chi connectivity index (χ2v) is 8.60. The lowest BCUT2D eigenvalue weighted by Gasteiger charge is -2.42. The first-order valence-electron chi connectivity index (χ1n) is 9.69. The molecule has 0 aliphatic carbocycles. The van der Waals surface area contributed by atoms with Crippen LogP contribution in [0, 0.1) is 6.92 Å². The minimum Gasteiger partial charge on any atom is -0.374 e. The van der Waals surface area contributed by atoms with Gasteiger partial charge in [0.25, 0.3) is 5.56 Å². The second kappa shape index (κ2) is 7.00. The zero-order chi connectivity index (χ0) is 21.1. The lowest BCUT2D eigenvalue weighted by atomic mass is 9.99. The number of fused-ring (bicyclic) bond motifs is 3. The van der Waals surface area contributed by atoms with Crippen LogP contribution in [0.5, 0.6) is 0 Å². The molecular weight excluding hydrogens is 384 g/mol. The molecule has 3 aliphatic rings. The van der Waals surface area contributed by atoms with Gasteiger partial charge in [-0.2, -0.15) is 0 Å². The minimum atomic E-state index is -0.878. The number of aromatic nitrogens is 2. The number of hydrogen-bond donors (Lipinski definition) is 1. The highest BCUT2D eigenvalue weighted by Crippen LogP contribution is 2.43. The van der Waals surface area contributed by atoms with Crippen molar-refractivity contribution in [3.63, 3.8) is 0 Å². The van der Waals surface area contributed by atoms with Gasteiger partial charge in [0.1, 0.15) is 30.5 Å². The number of aryl methyl sites for hydroxylation is 1. The molecule has 4 rings (SSSR count). The zero-order valence-electron chi connectivity index (χ0n) is 17.5. The average Bonchev–Trinajstić information content (AvgIpc) is 2.88. The van der Waals surface area contributed by atoms with Crippen LogP contribution in [0.4, 0.5) is 0 Å². The Morgan fingerprint density at radius 3 is 2.41 bits per heavy atom. The summed E-state index contributed by atoms with van der Waals surface area (Å²) in [5.41, 5.74) is -0.669. The quantitative estimate of drug-likeness (QED) is 0.745. The molecule has 0 bridgehead atoms. The summed E-state index contributed by atoms with van der Waals surface area (Å²) in [6.45, 7) is 9.15. The van der Waals surface area contributed by atoms with Gasteiger partial charge in [-0.1, -0.05) is 0 Å². The number of H-pyrrole nitrogens is 1. The topological polar surface area (TPSA) is 110 Å². The average molecular weight is 412 g/mol. The maximum atomic E-state index is 12.6. The third kappa shape index (κ3) is 3.69. The first-order chi connectivity index (χ1) is 13.5. The Balaban J connectivity index is 1.81. The molecule has 3 fully saturated rings. The van der Waals surface area contributed by atoms with Crippen LogP contribution in [-0.4, -0.2) is 65.4 Å². The predicted octanol–water partition coefficient (Wildman–Crippen LogP) is 0.429. The molecule has 1 aromatic heterocycles. The van der Waals surface area contributed by atoms with Gasteiger partial charge in [0.15, 0.2) is 17.8 Å². The summed E-state index contributed by atoms with van der Waals surface area (Å²) in [5, 5.41) is 0. The molecule has 29 heavy (non-hydrogen) atoms. The molecule has 162 valence electrons. The molecular formula is C19H28N2O8. The van der Waals surface area contributed by atoms with Gasteiger partial charge in [-0.15, -0.1) is 0 Å². The first-order valence-corrected chi connectivity index (χ1v) is 9.69. The van der Waals surface area contributed by atoms with Crippen molar-refractivity contribution in [2.45, 2.75) is 82.9 Å². The highest BCUT2D eigenvalue weighted by Gasteiger charge is 2.58. The number of ether oxygens (including phenoxy) is 6. The van der Waals surface area contributed by atoms with Gasteiger partial charge >= 0.3 is 5.69 Å². The maximum Gasteiger partial charge on any atom is 0.330 e. The molecule has 0 radical (unpaired) electrons. The van der Waals surface area contributed by atoms with Gasteiger partial charge in [-0.3, -0.25) is 14.3 Å². The molecule has 10 nitrogen and oxygen atoms in total. The van der Waals surface area contributed by atoms with Crippen LogP contribution in [-0.2, 0) is 28.4 Å². The third-order valence-corrected chi connectivity index (χ3v) is 5.48. The minimum absolute atomic E-state index is 0.245. The Labute approximate surface area is 168 Å². The van der Waals surface area contributed by atoms with Crippen LogP contribution in [0.2, 0.25) is 0 Å². The first kappa shape index (κ1) is 20.7. The van der Waals surface area contributed by atoms with E-state index in [4.69, 9.17) is 28.4 Å². The van der Waals surface area contributed by atoms with E-state index in [2.05, 4.69) is 4.98 Å². The Morgan fingerprint density at radius 1 is 1.07 bits per heavy atom. The summed E-state index contributed by atoms with van der Waals surface area (Å²) >= 11 is 0. The van der Waals surface area contributed by atoms with Crippen LogP contribution in [0.3, 0.4) is 0 Å². The van der Waals surface area contributed by atoms with Gasteiger partial charge in [-0.05, 0) is 34.6 Å². The Bertz CT molecular complexity index is 891. The van der Waals surface area contributed by atoms with Crippen molar-refractivity contribution in [1.82, 2.24) is 9.55 Å². The molecule has 4 heterocycles. The van der Waals surface area contributed by atoms with Crippen molar-refractivity contribution in [2.75, 3.05) is 13.7 Å². The normalized spacial score (nSPS) is 38.1. The third-order valence-electron chi connectivity index (χ3n) is 5.48. The maximum absolute atomic E-state index is 12.6. The second-order valence-electron chi connectivity index (χ2n) is 8.60. The number of methoxy groups -OCH3 is 1. The van der Waals surface area contributed by atoms with Crippen LogP contribution >= 0.6 is 0 Å². The van der Waals surface area contributed by atoms with Crippen molar-refractivity contribution in [3.8, 4) is 0 Å². The van der Waals surface area contributed by atoms with Crippen LogP contribution in [0.25, 0.3) is 0 Å².